The Morgan fingerprint density at radius 2 is 1.80 bits per heavy atom. The van der Waals surface area contributed by atoms with Crippen LogP contribution in [-0.4, -0.2) is 35.5 Å². The van der Waals surface area contributed by atoms with Crippen molar-refractivity contribution in [3.63, 3.8) is 0 Å². The number of hydrogen-bond acceptors (Lipinski definition) is 3. The van der Waals surface area contributed by atoms with Gasteiger partial charge in [0.15, 0.2) is 11.6 Å². The Morgan fingerprint density at radius 1 is 1.13 bits per heavy atom. The number of rotatable bonds is 5. The van der Waals surface area contributed by atoms with E-state index >= 15 is 0 Å². The molecule has 0 aliphatic carbocycles. The van der Waals surface area contributed by atoms with Crippen LogP contribution in [-0.2, 0) is 0 Å². The maximum absolute atomic E-state index is 14.6. The quantitative estimate of drug-likeness (QED) is 0.515. The summed E-state index contributed by atoms with van der Waals surface area (Å²) < 4.78 is 43.3. The van der Waals surface area contributed by atoms with E-state index in [-0.39, 0.29) is 34.4 Å². The molecule has 1 atom stereocenters. The van der Waals surface area contributed by atoms with Crippen molar-refractivity contribution < 1.29 is 18.0 Å². The van der Waals surface area contributed by atoms with Gasteiger partial charge in [-0.25, -0.2) is 13.2 Å². The summed E-state index contributed by atoms with van der Waals surface area (Å²) in [7, 11) is 0. The molecule has 3 rings (SSSR count). The highest BCUT2D eigenvalue weighted by Crippen LogP contribution is 2.31. The lowest BCUT2D eigenvalue weighted by atomic mass is 9.90. The normalized spacial score (nSPS) is 15.7. The third-order valence-electron chi connectivity index (χ3n) is 5.08. The highest BCUT2D eigenvalue weighted by atomic mass is 127. The molecule has 0 radical (unpaired) electrons. The van der Waals surface area contributed by atoms with Gasteiger partial charge < -0.3 is 15.5 Å². The molecule has 2 aromatic rings. The number of nitrogens with one attached hydrogen (secondary N) is 2. The van der Waals surface area contributed by atoms with Crippen LogP contribution in [0, 0.1) is 26.9 Å². The predicted molar refractivity (Wildman–Crippen MR) is 121 cm³/mol. The van der Waals surface area contributed by atoms with E-state index < -0.39 is 23.4 Å². The summed E-state index contributed by atoms with van der Waals surface area (Å²) in [4.78, 5) is 14.6. The van der Waals surface area contributed by atoms with Gasteiger partial charge in [-0.1, -0.05) is 0 Å². The second-order valence-electron chi connectivity index (χ2n) is 8.69. The first-order valence-corrected chi connectivity index (χ1v) is 10.8. The number of amides is 1. The molecule has 1 amide bonds. The highest BCUT2D eigenvalue weighted by Gasteiger charge is 2.37. The molecule has 1 saturated heterocycles. The van der Waals surface area contributed by atoms with E-state index in [9.17, 15) is 18.0 Å². The topological polar surface area (TPSA) is 44.4 Å². The predicted octanol–water partition coefficient (Wildman–Crippen LogP) is 5.30. The van der Waals surface area contributed by atoms with Crippen LogP contribution in [0.15, 0.2) is 30.3 Å². The number of likely N-dealkylation sites (tertiary alicyclic amines) is 1. The fourth-order valence-corrected chi connectivity index (χ4v) is 4.00. The summed E-state index contributed by atoms with van der Waals surface area (Å²) in [5, 5.41) is 6.06. The summed E-state index contributed by atoms with van der Waals surface area (Å²) >= 11 is 1.95. The summed E-state index contributed by atoms with van der Waals surface area (Å²) in [6, 6.07) is 6.68. The van der Waals surface area contributed by atoms with Gasteiger partial charge in [-0.05, 0) is 80.6 Å². The fraction of sp³-hybridized carbons (Fsp3) is 0.409. The van der Waals surface area contributed by atoms with Crippen molar-refractivity contribution in [1.82, 2.24) is 10.2 Å². The van der Waals surface area contributed by atoms with Crippen molar-refractivity contribution in [1.29, 1.82) is 0 Å². The van der Waals surface area contributed by atoms with Gasteiger partial charge in [-0.2, -0.15) is 0 Å². The van der Waals surface area contributed by atoms with Crippen molar-refractivity contribution in [3.8, 4) is 0 Å². The molecule has 0 bridgehead atoms. The summed E-state index contributed by atoms with van der Waals surface area (Å²) in [5.41, 5.74) is -0.455. The number of carbonyl (C=O) groups excluding carboxylic acids is 1. The summed E-state index contributed by atoms with van der Waals surface area (Å²) in [6.07, 6.45) is 0. The van der Waals surface area contributed by atoms with Crippen LogP contribution in [0.25, 0.3) is 0 Å². The number of carbonyl (C=O) groups is 1. The third-order valence-corrected chi connectivity index (χ3v) is 5.75. The lowest BCUT2D eigenvalue weighted by molar-refractivity contribution is 0.0413. The van der Waals surface area contributed by atoms with E-state index in [2.05, 4.69) is 38.3 Å². The van der Waals surface area contributed by atoms with Crippen molar-refractivity contribution in [2.45, 2.75) is 39.3 Å². The fourth-order valence-electron chi connectivity index (χ4n) is 3.54. The molecule has 1 unspecified atom stereocenters. The van der Waals surface area contributed by atoms with Crippen LogP contribution in [0.4, 0.5) is 24.5 Å². The molecule has 2 aromatic carbocycles. The Morgan fingerprint density at radius 3 is 2.40 bits per heavy atom. The molecule has 2 N–H and O–H groups in total. The summed E-state index contributed by atoms with van der Waals surface area (Å²) in [5.74, 6) is -3.08. The average molecular weight is 531 g/mol. The Bertz CT molecular complexity index is 955. The minimum Gasteiger partial charge on any atom is -0.350 e. The van der Waals surface area contributed by atoms with Gasteiger partial charge in [0.1, 0.15) is 5.82 Å². The van der Waals surface area contributed by atoms with Gasteiger partial charge in [0.05, 0.1) is 16.9 Å². The first-order chi connectivity index (χ1) is 14.0. The highest BCUT2D eigenvalue weighted by molar-refractivity contribution is 14.1. The smallest absolute Gasteiger partial charge is 0.256 e. The minimum absolute atomic E-state index is 0.0262. The molecule has 0 aromatic heterocycles. The SMILES string of the molecule is CC(NC(C)(C)C)C1CN(C(=O)c2ccc(F)c(F)c2Nc2ccc(I)cc2F)C1. The Labute approximate surface area is 188 Å². The molecule has 162 valence electrons. The standard InChI is InChI=1S/C22H25F3IN3O/c1-12(28-22(2,3)4)13-10-29(11-13)21(30)15-6-7-16(23)19(25)20(15)27-18-8-5-14(26)9-17(18)24/h5-9,12-13,27-28H,10-11H2,1-4H3. The molecule has 1 aliphatic heterocycles. The van der Waals surface area contributed by atoms with Crippen LogP contribution in [0.3, 0.4) is 0 Å². The van der Waals surface area contributed by atoms with Crippen molar-refractivity contribution in [2.24, 2.45) is 5.92 Å². The molecular formula is C22H25F3IN3O. The molecule has 1 fully saturated rings. The molecule has 8 heteroatoms. The molecular weight excluding hydrogens is 506 g/mol. The number of nitrogens with zero attached hydrogens (tertiary/aromatic N) is 1. The second kappa shape index (κ2) is 8.74. The molecule has 30 heavy (non-hydrogen) atoms. The minimum atomic E-state index is -1.21. The average Bonchev–Trinajstić information content (AvgIpc) is 2.58. The number of halogens is 4. The molecule has 0 spiro atoms. The van der Waals surface area contributed by atoms with Crippen LogP contribution in [0.5, 0.6) is 0 Å². The molecule has 1 heterocycles. The first kappa shape index (κ1) is 22.9. The lowest BCUT2D eigenvalue weighted by Gasteiger charge is -2.44. The molecule has 1 aliphatic rings. The second-order valence-corrected chi connectivity index (χ2v) is 9.93. The zero-order valence-corrected chi connectivity index (χ0v) is 19.5. The maximum atomic E-state index is 14.6. The zero-order valence-electron chi connectivity index (χ0n) is 17.3. The Balaban J connectivity index is 1.80. The van der Waals surface area contributed by atoms with Gasteiger partial charge in [0, 0.05) is 34.2 Å². The molecule has 0 saturated carbocycles. The van der Waals surface area contributed by atoms with Crippen LogP contribution < -0.4 is 10.6 Å². The zero-order chi connectivity index (χ0) is 22.2. The van der Waals surface area contributed by atoms with E-state index in [1.54, 1.807) is 11.0 Å². The van der Waals surface area contributed by atoms with Crippen LogP contribution in [0.2, 0.25) is 0 Å². The van der Waals surface area contributed by atoms with Crippen molar-refractivity contribution >= 4 is 39.9 Å². The number of anilines is 2. The van der Waals surface area contributed by atoms with Gasteiger partial charge in [0.25, 0.3) is 5.91 Å². The first-order valence-electron chi connectivity index (χ1n) is 9.73. The summed E-state index contributed by atoms with van der Waals surface area (Å²) in [6.45, 7) is 9.33. The third kappa shape index (κ3) is 5.08. The maximum Gasteiger partial charge on any atom is 0.256 e. The van der Waals surface area contributed by atoms with E-state index in [4.69, 9.17) is 0 Å². The van der Waals surface area contributed by atoms with E-state index in [1.807, 2.05) is 22.6 Å². The van der Waals surface area contributed by atoms with Crippen molar-refractivity contribution in [3.05, 3.63) is 56.9 Å². The Hall–Kier alpha value is -1.81. The lowest BCUT2D eigenvalue weighted by Crippen LogP contribution is -2.59. The van der Waals surface area contributed by atoms with Gasteiger partial charge in [-0.3, -0.25) is 4.79 Å². The monoisotopic (exact) mass is 531 g/mol. The van der Waals surface area contributed by atoms with Crippen LogP contribution >= 0.6 is 22.6 Å². The van der Waals surface area contributed by atoms with Crippen molar-refractivity contribution in [2.75, 3.05) is 18.4 Å². The largest absolute Gasteiger partial charge is 0.350 e. The van der Waals surface area contributed by atoms with E-state index in [0.717, 1.165) is 6.07 Å². The van der Waals surface area contributed by atoms with E-state index in [1.165, 1.54) is 18.2 Å². The molecule has 4 nitrogen and oxygen atoms in total. The van der Waals surface area contributed by atoms with E-state index in [0.29, 0.717) is 16.7 Å². The Kier molecular flexibility index (Phi) is 6.66. The van der Waals surface area contributed by atoms with Gasteiger partial charge in [0.2, 0.25) is 0 Å². The van der Waals surface area contributed by atoms with Gasteiger partial charge in [-0.15, -0.1) is 0 Å². The van der Waals surface area contributed by atoms with Gasteiger partial charge >= 0.3 is 0 Å². The number of benzene rings is 2. The number of hydrogen-bond donors (Lipinski definition) is 2. The van der Waals surface area contributed by atoms with Crippen LogP contribution in [0.1, 0.15) is 38.1 Å².